The number of amides is 1. The third kappa shape index (κ3) is 7.40. The van der Waals surface area contributed by atoms with E-state index in [0.717, 1.165) is 13.0 Å². The number of esters is 1. The Morgan fingerprint density at radius 3 is 2.34 bits per heavy atom. The van der Waals surface area contributed by atoms with Gasteiger partial charge < -0.3 is 34.5 Å². The quantitative estimate of drug-likeness (QED) is 0.132. The van der Waals surface area contributed by atoms with Crippen molar-refractivity contribution in [2.45, 2.75) is 79.5 Å². The van der Waals surface area contributed by atoms with E-state index < -0.39 is 63.7 Å². The van der Waals surface area contributed by atoms with E-state index >= 15 is 0 Å². The van der Waals surface area contributed by atoms with Crippen molar-refractivity contribution in [1.29, 1.82) is 0 Å². The number of aldehydes is 1. The molecule has 0 saturated carbocycles. The van der Waals surface area contributed by atoms with Crippen molar-refractivity contribution in [3.05, 3.63) is 70.0 Å². The number of rotatable bonds is 11. The van der Waals surface area contributed by atoms with Crippen LogP contribution in [0, 0.1) is 30.6 Å². The molecule has 50 heavy (non-hydrogen) atoms. The summed E-state index contributed by atoms with van der Waals surface area (Å²) in [4.78, 5) is 75.2. The van der Waals surface area contributed by atoms with Gasteiger partial charge in [-0.1, -0.05) is 52.0 Å². The van der Waals surface area contributed by atoms with E-state index in [2.05, 4.69) is 5.32 Å². The summed E-state index contributed by atoms with van der Waals surface area (Å²) >= 11 is 0. The number of Topliss-reactive ketones (excluding diaryl/α,β-unsaturated/α-hetero) is 2. The maximum atomic E-state index is 13.4. The SMILES string of the molecule is CC(=O)OC(C(C)/C=C\C=O)C(C)C1OCOC(C(C)/C=C/C=C(\C)C(=O)NC2=CC(=O)c3c(c(O)c(C)c4c3C(=O)C(C)(O)O4)C2=O)C1C. The van der Waals surface area contributed by atoms with Gasteiger partial charge >= 0.3 is 5.97 Å². The van der Waals surface area contributed by atoms with Crippen molar-refractivity contribution in [3.8, 4) is 11.5 Å². The van der Waals surface area contributed by atoms with E-state index in [1.165, 1.54) is 32.9 Å². The molecule has 2 heterocycles. The van der Waals surface area contributed by atoms with E-state index in [0.29, 0.717) is 6.29 Å². The van der Waals surface area contributed by atoms with Crippen molar-refractivity contribution in [1.82, 2.24) is 5.32 Å². The molecule has 3 aliphatic rings. The van der Waals surface area contributed by atoms with Gasteiger partial charge in [-0.05, 0) is 19.9 Å². The van der Waals surface area contributed by atoms with E-state index in [1.807, 2.05) is 33.8 Å². The number of benzene rings is 1. The molecule has 2 aliphatic heterocycles. The fourth-order valence-corrected chi connectivity index (χ4v) is 6.76. The lowest BCUT2D eigenvalue weighted by Gasteiger charge is -2.43. The third-order valence-electron chi connectivity index (χ3n) is 9.40. The molecule has 1 aliphatic carbocycles. The summed E-state index contributed by atoms with van der Waals surface area (Å²) in [5.74, 6) is -7.58. The molecule has 13 nitrogen and oxygen atoms in total. The molecule has 268 valence electrons. The molecular weight excluding hydrogens is 650 g/mol. The molecule has 0 spiro atoms. The van der Waals surface area contributed by atoms with Crippen LogP contribution in [0.25, 0.3) is 0 Å². The van der Waals surface area contributed by atoms with Gasteiger partial charge in [-0.2, -0.15) is 0 Å². The Kier molecular flexibility index (Phi) is 11.5. The standard InChI is InChI=1S/C37H43NO12/c1-17(31-21(5)33(48-16-47-31)22(6)32(49-23(7)40)18(2)13-10-14-39)11-9-12-19(3)36(45)38-24-15-25(41)26-27(30(24)43)29(42)20(4)34-28(26)35(44)37(8,46)50-34/h9-15,17-18,21-22,31-33,42,46H,16H2,1-8H3,(H,38,45)/b11-9+,13-10-,19-12+. The van der Waals surface area contributed by atoms with Crippen LogP contribution in [0.2, 0.25) is 0 Å². The summed E-state index contributed by atoms with van der Waals surface area (Å²) in [7, 11) is 0. The summed E-state index contributed by atoms with van der Waals surface area (Å²) in [6, 6.07) is 0. The molecule has 3 N–H and O–H groups in total. The number of hydrogen-bond acceptors (Lipinski definition) is 12. The van der Waals surface area contributed by atoms with Crippen molar-refractivity contribution in [3.63, 3.8) is 0 Å². The zero-order valence-electron chi connectivity index (χ0n) is 29.3. The molecule has 1 amide bonds. The monoisotopic (exact) mass is 693 g/mol. The van der Waals surface area contributed by atoms with Crippen LogP contribution >= 0.6 is 0 Å². The molecule has 8 atom stereocenters. The first-order chi connectivity index (χ1) is 23.4. The summed E-state index contributed by atoms with van der Waals surface area (Å²) in [6.07, 6.45) is 8.49. The molecule has 1 aromatic rings. The topological polar surface area (TPSA) is 192 Å². The summed E-state index contributed by atoms with van der Waals surface area (Å²) in [5, 5.41) is 23.6. The zero-order valence-corrected chi connectivity index (χ0v) is 29.3. The largest absolute Gasteiger partial charge is 0.507 e. The first-order valence-electron chi connectivity index (χ1n) is 16.3. The van der Waals surface area contributed by atoms with Gasteiger partial charge in [0.25, 0.3) is 11.7 Å². The van der Waals surface area contributed by atoms with Gasteiger partial charge in [0.15, 0.2) is 5.78 Å². The predicted octanol–water partition coefficient (Wildman–Crippen LogP) is 3.84. The van der Waals surface area contributed by atoms with E-state index in [9.17, 15) is 39.0 Å². The molecule has 0 aromatic heterocycles. The first kappa shape index (κ1) is 38.1. The summed E-state index contributed by atoms with van der Waals surface area (Å²) < 4.78 is 22.9. The number of nitrogens with one attached hydrogen (secondary N) is 1. The van der Waals surface area contributed by atoms with Crippen LogP contribution in [0.3, 0.4) is 0 Å². The van der Waals surface area contributed by atoms with Gasteiger partial charge in [-0.15, -0.1) is 0 Å². The van der Waals surface area contributed by atoms with Gasteiger partial charge in [-0.25, -0.2) is 0 Å². The number of carbonyl (C=O) groups excluding carboxylic acids is 6. The Morgan fingerprint density at radius 1 is 1.04 bits per heavy atom. The lowest BCUT2D eigenvalue weighted by Crippen LogP contribution is -2.49. The number of fused-ring (bicyclic) bond motifs is 3. The Balaban J connectivity index is 1.46. The van der Waals surface area contributed by atoms with E-state index in [1.54, 1.807) is 12.2 Å². The van der Waals surface area contributed by atoms with Crippen LogP contribution in [0.15, 0.2) is 47.7 Å². The lowest BCUT2D eigenvalue weighted by atomic mass is 9.78. The van der Waals surface area contributed by atoms with Crippen LogP contribution in [-0.4, -0.2) is 76.6 Å². The first-order valence-corrected chi connectivity index (χ1v) is 16.3. The molecule has 0 bridgehead atoms. The van der Waals surface area contributed by atoms with Crippen LogP contribution in [0.5, 0.6) is 11.5 Å². The minimum atomic E-state index is -2.28. The molecule has 8 unspecified atom stereocenters. The highest BCUT2D eigenvalue weighted by Gasteiger charge is 2.49. The highest BCUT2D eigenvalue weighted by atomic mass is 16.7. The van der Waals surface area contributed by atoms with Crippen molar-refractivity contribution in [2.24, 2.45) is 23.7 Å². The number of aliphatic hydroxyl groups is 1. The molecule has 1 aromatic carbocycles. The number of phenolic OH excluding ortho intramolecular Hbond substituents is 1. The van der Waals surface area contributed by atoms with Gasteiger partial charge in [0.2, 0.25) is 11.6 Å². The number of allylic oxidation sites excluding steroid dienone is 5. The van der Waals surface area contributed by atoms with Crippen LogP contribution < -0.4 is 10.1 Å². The highest BCUT2D eigenvalue weighted by Crippen LogP contribution is 2.46. The second-order valence-electron chi connectivity index (χ2n) is 13.2. The van der Waals surface area contributed by atoms with Crippen LogP contribution in [0.4, 0.5) is 0 Å². The second kappa shape index (κ2) is 15.0. The number of phenols is 1. The molecule has 1 fully saturated rings. The maximum Gasteiger partial charge on any atom is 0.302 e. The van der Waals surface area contributed by atoms with Gasteiger partial charge in [-0.3, -0.25) is 28.8 Å². The zero-order chi connectivity index (χ0) is 37.2. The Morgan fingerprint density at radius 2 is 1.70 bits per heavy atom. The summed E-state index contributed by atoms with van der Waals surface area (Å²) in [5.41, 5.74) is -1.36. The molecular formula is C37H43NO12. The van der Waals surface area contributed by atoms with E-state index in [-0.39, 0.29) is 65.1 Å². The normalized spacial score (nSPS) is 26.1. The number of carbonyl (C=O) groups is 6. The minimum Gasteiger partial charge on any atom is -0.507 e. The fraction of sp³-hybridized carbons (Fsp3) is 0.459. The smallest absolute Gasteiger partial charge is 0.302 e. The maximum absolute atomic E-state index is 13.4. The van der Waals surface area contributed by atoms with Gasteiger partial charge in [0.05, 0.1) is 34.6 Å². The molecule has 0 radical (unpaired) electrons. The Hall–Kier alpha value is -4.72. The number of ether oxygens (including phenoxy) is 4. The summed E-state index contributed by atoms with van der Waals surface area (Å²) in [6.45, 7) is 13.1. The molecule has 4 rings (SSSR count). The molecule has 1 saturated heterocycles. The second-order valence-corrected chi connectivity index (χ2v) is 13.2. The van der Waals surface area contributed by atoms with E-state index in [4.69, 9.17) is 18.9 Å². The number of aromatic hydroxyl groups is 1. The van der Waals surface area contributed by atoms with Gasteiger partial charge in [0, 0.05) is 54.7 Å². The highest BCUT2D eigenvalue weighted by molar-refractivity contribution is 6.30. The Labute approximate surface area is 290 Å². The molecule has 13 heteroatoms. The predicted molar refractivity (Wildman–Crippen MR) is 178 cm³/mol. The van der Waals surface area contributed by atoms with Gasteiger partial charge in [0.1, 0.15) is 30.7 Å². The van der Waals surface area contributed by atoms with Crippen molar-refractivity contribution >= 4 is 35.5 Å². The number of hydrogen-bond donors (Lipinski definition) is 3. The third-order valence-corrected chi connectivity index (χ3v) is 9.40. The van der Waals surface area contributed by atoms with Crippen LogP contribution in [-0.2, 0) is 28.6 Å². The van der Waals surface area contributed by atoms with Crippen LogP contribution in [0.1, 0.15) is 85.1 Å². The average molecular weight is 694 g/mol. The average Bonchev–Trinajstić information content (AvgIpc) is 3.30. The Bertz CT molecular complexity index is 1730. The van der Waals surface area contributed by atoms with Crippen molar-refractivity contribution in [2.75, 3.05) is 6.79 Å². The van der Waals surface area contributed by atoms with Crippen molar-refractivity contribution < 1.29 is 57.9 Å². The fourth-order valence-electron chi connectivity index (χ4n) is 6.76. The number of ketones is 3. The minimum absolute atomic E-state index is 0.0111. The lowest BCUT2D eigenvalue weighted by molar-refractivity contribution is -0.234.